The van der Waals surface area contributed by atoms with Crippen LogP contribution < -0.4 is 10.1 Å². The van der Waals surface area contributed by atoms with Crippen LogP contribution in [0.4, 0.5) is 5.69 Å². The summed E-state index contributed by atoms with van der Waals surface area (Å²) in [5.41, 5.74) is 3.88. The third kappa shape index (κ3) is 3.71. The Balaban J connectivity index is 1.48. The van der Waals surface area contributed by atoms with Gasteiger partial charge in [-0.05, 0) is 36.8 Å². The standard InChI is InChI=1S/C22H20N4O2/c1-15-20-12-18(13-23-21(20)26(2)25-15)24-22(27)17-9-6-10-19(11-17)28-14-16-7-4-3-5-8-16/h3-13H,14H2,1-2H3,(H,24,27). The number of nitrogens with zero attached hydrogens (tertiary/aromatic N) is 3. The molecule has 0 fully saturated rings. The molecule has 4 rings (SSSR count). The van der Waals surface area contributed by atoms with Gasteiger partial charge in [0.05, 0.1) is 17.6 Å². The molecule has 2 aromatic carbocycles. The van der Waals surface area contributed by atoms with E-state index in [9.17, 15) is 4.79 Å². The van der Waals surface area contributed by atoms with Crippen LogP contribution in [0.25, 0.3) is 11.0 Å². The number of pyridine rings is 1. The highest BCUT2D eigenvalue weighted by Crippen LogP contribution is 2.21. The Kier molecular flexibility index (Phi) is 4.76. The molecule has 0 saturated heterocycles. The molecule has 0 aliphatic rings. The van der Waals surface area contributed by atoms with Gasteiger partial charge < -0.3 is 10.1 Å². The van der Waals surface area contributed by atoms with Gasteiger partial charge in [0, 0.05) is 18.0 Å². The number of carbonyl (C=O) groups is 1. The number of rotatable bonds is 5. The third-order valence-electron chi connectivity index (χ3n) is 4.47. The Labute approximate surface area is 162 Å². The molecule has 28 heavy (non-hydrogen) atoms. The molecule has 0 atom stereocenters. The average Bonchev–Trinajstić information content (AvgIpc) is 3.00. The lowest BCUT2D eigenvalue weighted by Crippen LogP contribution is -2.12. The molecule has 1 amide bonds. The second-order valence-corrected chi connectivity index (χ2v) is 6.56. The number of fused-ring (bicyclic) bond motifs is 1. The first-order chi connectivity index (χ1) is 13.6. The Bertz CT molecular complexity index is 1140. The van der Waals surface area contributed by atoms with Crippen LogP contribution in [0.15, 0.2) is 66.9 Å². The van der Waals surface area contributed by atoms with Gasteiger partial charge in [-0.15, -0.1) is 0 Å². The monoisotopic (exact) mass is 372 g/mol. The number of aryl methyl sites for hydroxylation is 2. The Morgan fingerprint density at radius 1 is 1.11 bits per heavy atom. The van der Waals surface area contributed by atoms with Crippen molar-refractivity contribution in [2.45, 2.75) is 13.5 Å². The van der Waals surface area contributed by atoms with Crippen molar-refractivity contribution in [2.75, 3.05) is 5.32 Å². The van der Waals surface area contributed by atoms with Crippen molar-refractivity contribution in [3.8, 4) is 5.75 Å². The molecule has 0 bridgehead atoms. The molecule has 4 aromatic rings. The molecule has 0 unspecified atom stereocenters. The van der Waals surface area contributed by atoms with Crippen LogP contribution in [0.5, 0.6) is 5.75 Å². The van der Waals surface area contributed by atoms with E-state index in [0.29, 0.717) is 23.6 Å². The number of carbonyl (C=O) groups excluding carboxylic acids is 1. The Morgan fingerprint density at radius 2 is 1.93 bits per heavy atom. The number of hydrogen-bond acceptors (Lipinski definition) is 4. The van der Waals surface area contributed by atoms with Crippen LogP contribution in [0.2, 0.25) is 0 Å². The predicted molar refractivity (Wildman–Crippen MR) is 108 cm³/mol. The molecule has 1 N–H and O–H groups in total. The minimum Gasteiger partial charge on any atom is -0.489 e. The van der Waals surface area contributed by atoms with Crippen LogP contribution >= 0.6 is 0 Å². The fraction of sp³-hybridized carbons (Fsp3) is 0.136. The largest absolute Gasteiger partial charge is 0.489 e. The smallest absolute Gasteiger partial charge is 0.255 e. The number of anilines is 1. The van der Waals surface area contributed by atoms with Gasteiger partial charge in [0.25, 0.3) is 5.91 Å². The normalized spacial score (nSPS) is 10.8. The van der Waals surface area contributed by atoms with Gasteiger partial charge in [0.15, 0.2) is 5.65 Å². The van der Waals surface area contributed by atoms with Crippen molar-refractivity contribution in [2.24, 2.45) is 7.05 Å². The molecule has 6 heteroatoms. The summed E-state index contributed by atoms with van der Waals surface area (Å²) in [5.74, 6) is 0.432. The van der Waals surface area contributed by atoms with Crippen molar-refractivity contribution in [1.29, 1.82) is 0 Å². The van der Waals surface area contributed by atoms with Crippen molar-refractivity contribution in [3.63, 3.8) is 0 Å². The van der Waals surface area contributed by atoms with E-state index in [-0.39, 0.29) is 5.91 Å². The molecule has 0 radical (unpaired) electrons. The quantitative estimate of drug-likeness (QED) is 0.572. The molecule has 6 nitrogen and oxygen atoms in total. The van der Waals surface area contributed by atoms with Crippen molar-refractivity contribution >= 4 is 22.6 Å². The van der Waals surface area contributed by atoms with Gasteiger partial charge in [-0.2, -0.15) is 5.10 Å². The lowest BCUT2D eigenvalue weighted by atomic mass is 10.2. The van der Waals surface area contributed by atoms with E-state index in [4.69, 9.17) is 4.74 Å². The minimum absolute atomic E-state index is 0.215. The number of ether oxygens (including phenoxy) is 1. The topological polar surface area (TPSA) is 69.0 Å². The lowest BCUT2D eigenvalue weighted by molar-refractivity contribution is 0.102. The summed E-state index contributed by atoms with van der Waals surface area (Å²) in [4.78, 5) is 17.0. The maximum absolute atomic E-state index is 12.7. The number of nitrogens with one attached hydrogen (secondary N) is 1. The molecule has 140 valence electrons. The molecule has 2 heterocycles. The molecule has 0 aliphatic carbocycles. The molecule has 0 spiro atoms. The zero-order valence-corrected chi connectivity index (χ0v) is 15.7. The van der Waals surface area contributed by atoms with E-state index in [1.165, 1.54) is 0 Å². The van der Waals surface area contributed by atoms with Gasteiger partial charge in [0.2, 0.25) is 0 Å². The second kappa shape index (κ2) is 7.52. The van der Waals surface area contributed by atoms with Crippen molar-refractivity contribution in [3.05, 3.63) is 83.7 Å². The number of hydrogen-bond donors (Lipinski definition) is 1. The first-order valence-corrected chi connectivity index (χ1v) is 8.97. The summed E-state index contributed by atoms with van der Waals surface area (Å²) in [6.45, 7) is 2.37. The average molecular weight is 372 g/mol. The SMILES string of the molecule is Cc1nn(C)c2ncc(NC(=O)c3cccc(OCc4ccccc4)c3)cc12. The highest BCUT2D eigenvalue weighted by molar-refractivity contribution is 6.05. The fourth-order valence-electron chi connectivity index (χ4n) is 3.05. The van der Waals surface area contributed by atoms with Gasteiger partial charge >= 0.3 is 0 Å². The van der Waals surface area contributed by atoms with Crippen LogP contribution in [0.3, 0.4) is 0 Å². The van der Waals surface area contributed by atoms with E-state index in [2.05, 4.69) is 15.4 Å². The number of aromatic nitrogens is 3. The zero-order chi connectivity index (χ0) is 19.5. The van der Waals surface area contributed by atoms with Crippen LogP contribution in [-0.2, 0) is 13.7 Å². The lowest BCUT2D eigenvalue weighted by Gasteiger charge is -2.09. The first kappa shape index (κ1) is 17.7. The van der Waals surface area contributed by atoms with E-state index < -0.39 is 0 Å². The second-order valence-electron chi connectivity index (χ2n) is 6.56. The molecule has 0 aliphatic heterocycles. The van der Waals surface area contributed by atoms with Gasteiger partial charge in [-0.1, -0.05) is 36.4 Å². The maximum Gasteiger partial charge on any atom is 0.255 e. The zero-order valence-electron chi connectivity index (χ0n) is 15.7. The number of benzene rings is 2. The molecular weight excluding hydrogens is 352 g/mol. The van der Waals surface area contributed by atoms with Crippen LogP contribution in [0.1, 0.15) is 21.6 Å². The molecule has 2 aromatic heterocycles. The van der Waals surface area contributed by atoms with Gasteiger partial charge in [-0.25, -0.2) is 4.98 Å². The first-order valence-electron chi connectivity index (χ1n) is 8.97. The highest BCUT2D eigenvalue weighted by atomic mass is 16.5. The number of amides is 1. The fourth-order valence-corrected chi connectivity index (χ4v) is 3.05. The van der Waals surface area contributed by atoms with Crippen molar-refractivity contribution < 1.29 is 9.53 Å². The van der Waals surface area contributed by atoms with Gasteiger partial charge in [0.1, 0.15) is 12.4 Å². The summed E-state index contributed by atoms with van der Waals surface area (Å²) in [6, 6.07) is 18.9. The van der Waals surface area contributed by atoms with E-state index in [0.717, 1.165) is 22.3 Å². The summed E-state index contributed by atoms with van der Waals surface area (Å²) in [5, 5.41) is 8.16. The highest BCUT2D eigenvalue weighted by Gasteiger charge is 2.11. The Morgan fingerprint density at radius 3 is 2.75 bits per heavy atom. The molecular formula is C22H20N4O2. The van der Waals surface area contributed by atoms with Crippen molar-refractivity contribution in [1.82, 2.24) is 14.8 Å². The van der Waals surface area contributed by atoms with Crippen LogP contribution in [-0.4, -0.2) is 20.7 Å². The maximum atomic E-state index is 12.7. The summed E-state index contributed by atoms with van der Waals surface area (Å²) < 4.78 is 7.53. The van der Waals surface area contributed by atoms with Gasteiger partial charge in [-0.3, -0.25) is 9.48 Å². The van der Waals surface area contributed by atoms with E-state index in [1.54, 1.807) is 23.0 Å². The summed E-state index contributed by atoms with van der Waals surface area (Å²) >= 11 is 0. The summed E-state index contributed by atoms with van der Waals surface area (Å²) in [6.07, 6.45) is 1.64. The Hall–Kier alpha value is -3.67. The van der Waals surface area contributed by atoms with E-state index >= 15 is 0 Å². The summed E-state index contributed by atoms with van der Waals surface area (Å²) in [7, 11) is 1.85. The van der Waals surface area contributed by atoms with E-state index in [1.807, 2.05) is 62.5 Å². The third-order valence-corrected chi connectivity index (χ3v) is 4.47. The van der Waals surface area contributed by atoms with Crippen LogP contribution in [0, 0.1) is 6.92 Å². The predicted octanol–water partition coefficient (Wildman–Crippen LogP) is 4.11. The molecule has 0 saturated carbocycles. The minimum atomic E-state index is -0.215.